The molecule has 5 aromatic rings. The Labute approximate surface area is 255 Å². The summed E-state index contributed by atoms with van der Waals surface area (Å²) in [6.45, 7) is 10.1. The Balaban J connectivity index is 1.41. The van der Waals surface area contributed by atoms with Gasteiger partial charge in [0.25, 0.3) is 5.56 Å². The highest BCUT2D eigenvalue weighted by Gasteiger charge is 2.28. The van der Waals surface area contributed by atoms with E-state index in [0.717, 1.165) is 59.2 Å². The summed E-state index contributed by atoms with van der Waals surface area (Å²) in [5.74, 6) is 0.472. The minimum absolute atomic E-state index is 0.0487. The maximum Gasteiger partial charge on any atom is 0.259 e. The topological polar surface area (TPSA) is 119 Å². The molecule has 4 aromatic heterocycles. The Morgan fingerprint density at radius 2 is 1.91 bits per heavy atom. The van der Waals surface area contributed by atoms with Gasteiger partial charge in [0, 0.05) is 55.9 Å². The van der Waals surface area contributed by atoms with Crippen LogP contribution in [0, 0.1) is 6.92 Å². The predicted molar refractivity (Wildman–Crippen MR) is 170 cm³/mol. The van der Waals surface area contributed by atoms with Crippen LogP contribution >= 0.6 is 11.6 Å². The van der Waals surface area contributed by atoms with E-state index in [4.69, 9.17) is 16.7 Å². The van der Waals surface area contributed by atoms with Crippen LogP contribution in [0.15, 0.2) is 41.6 Å². The minimum Gasteiger partial charge on any atom is -0.389 e. The summed E-state index contributed by atoms with van der Waals surface area (Å²) < 4.78 is 5.40. The molecule has 11 nitrogen and oxygen atoms in total. The number of piperidine rings is 1. The lowest BCUT2D eigenvalue weighted by molar-refractivity contribution is 0.0247. The van der Waals surface area contributed by atoms with Crippen LogP contribution in [-0.4, -0.2) is 69.3 Å². The number of nitrogens with zero attached hydrogens (tertiary/aromatic N) is 8. The molecular weight excluding hydrogens is 566 g/mol. The third-order valence-corrected chi connectivity index (χ3v) is 8.44. The highest BCUT2D eigenvalue weighted by Crippen LogP contribution is 2.36. The molecule has 43 heavy (non-hydrogen) atoms. The Morgan fingerprint density at radius 3 is 2.58 bits per heavy atom. The minimum atomic E-state index is -0.732. The summed E-state index contributed by atoms with van der Waals surface area (Å²) >= 11 is 6.26. The summed E-state index contributed by atoms with van der Waals surface area (Å²) in [4.78, 5) is 25.1. The van der Waals surface area contributed by atoms with Crippen molar-refractivity contribution in [3.63, 3.8) is 0 Å². The normalized spacial score (nSPS) is 15.9. The van der Waals surface area contributed by atoms with Gasteiger partial charge in [0.15, 0.2) is 0 Å². The number of hydrogen-bond acceptors (Lipinski definition) is 8. The first-order valence-corrected chi connectivity index (χ1v) is 15.0. The molecule has 1 aliphatic rings. The van der Waals surface area contributed by atoms with E-state index < -0.39 is 5.60 Å². The van der Waals surface area contributed by atoms with E-state index >= 15 is 0 Å². The summed E-state index contributed by atoms with van der Waals surface area (Å²) in [6.07, 6.45) is 5.32. The Hall–Kier alpha value is -3.80. The van der Waals surface area contributed by atoms with Crippen molar-refractivity contribution < 1.29 is 5.11 Å². The van der Waals surface area contributed by atoms with Gasteiger partial charge in [-0.15, -0.1) is 5.10 Å². The number of nitrogens with one attached hydrogen (secondary N) is 1. The first-order valence-electron chi connectivity index (χ1n) is 14.6. The van der Waals surface area contributed by atoms with Crippen LogP contribution in [0.1, 0.15) is 56.8 Å². The molecule has 1 aliphatic heterocycles. The summed E-state index contributed by atoms with van der Waals surface area (Å²) in [5.41, 5.74) is 3.33. The van der Waals surface area contributed by atoms with Gasteiger partial charge in [0.2, 0.25) is 5.82 Å². The molecule has 0 bridgehead atoms. The highest BCUT2D eigenvalue weighted by molar-refractivity contribution is 6.29. The zero-order chi connectivity index (χ0) is 30.6. The van der Waals surface area contributed by atoms with E-state index in [1.54, 1.807) is 28.7 Å². The van der Waals surface area contributed by atoms with Crippen molar-refractivity contribution in [2.24, 2.45) is 14.1 Å². The summed E-state index contributed by atoms with van der Waals surface area (Å²) in [5, 5.41) is 26.0. The van der Waals surface area contributed by atoms with Gasteiger partial charge in [-0.1, -0.05) is 17.7 Å². The molecule has 2 N–H and O–H groups in total. The molecular formula is C31H38ClN9O2. The Bertz CT molecular complexity index is 1880. The lowest BCUT2D eigenvalue weighted by atomic mass is 9.95. The molecule has 1 aromatic carbocycles. The van der Waals surface area contributed by atoms with Gasteiger partial charge in [-0.25, -0.2) is 14.6 Å². The molecule has 6 rings (SSSR count). The summed E-state index contributed by atoms with van der Waals surface area (Å²) in [6, 6.07) is 7.68. The number of hydrogen-bond donors (Lipinski definition) is 2. The number of benzene rings is 1. The number of halogens is 1. The fourth-order valence-corrected chi connectivity index (χ4v) is 6.53. The van der Waals surface area contributed by atoms with Gasteiger partial charge in [-0.3, -0.25) is 14.0 Å². The number of anilines is 1. The highest BCUT2D eigenvalue weighted by atomic mass is 35.5. The number of likely N-dealkylation sites (tertiary alicyclic amines) is 1. The quantitative estimate of drug-likeness (QED) is 0.259. The van der Waals surface area contributed by atoms with Gasteiger partial charge in [-0.05, 0) is 69.9 Å². The van der Waals surface area contributed by atoms with E-state index in [1.807, 2.05) is 50.8 Å². The smallest absolute Gasteiger partial charge is 0.259 e. The number of β-amino-alcohol motifs (C(OH)–C–C–N with tert-alkyl or cyclic N) is 1. The van der Waals surface area contributed by atoms with Crippen LogP contribution in [0.25, 0.3) is 33.3 Å². The van der Waals surface area contributed by atoms with Crippen LogP contribution in [0.3, 0.4) is 0 Å². The second kappa shape index (κ2) is 11.0. The first kappa shape index (κ1) is 29.3. The maximum atomic E-state index is 13.9. The first-order chi connectivity index (χ1) is 20.4. The predicted octanol–water partition coefficient (Wildman–Crippen LogP) is 4.62. The average molecular weight is 604 g/mol. The van der Waals surface area contributed by atoms with E-state index in [9.17, 15) is 9.90 Å². The largest absolute Gasteiger partial charge is 0.389 e. The molecule has 5 heterocycles. The van der Waals surface area contributed by atoms with Gasteiger partial charge in [-0.2, -0.15) is 5.10 Å². The zero-order valence-electron chi connectivity index (χ0n) is 25.5. The fraction of sp³-hybridized carbons (Fsp3) is 0.452. The Kier molecular flexibility index (Phi) is 7.52. The lowest BCUT2D eigenvalue weighted by Crippen LogP contribution is -2.43. The molecule has 1 atom stereocenters. The zero-order valence-corrected chi connectivity index (χ0v) is 26.2. The SMILES string of the molecule is Cc1cc(C(C)Nc2ccc(Cl)nc2-c2ncn(C)n2)c2c(c1)c(=O)n(C)c1c2cnn1C1CCN(CC(C)(C)O)CC1. The van der Waals surface area contributed by atoms with Crippen LogP contribution in [0.2, 0.25) is 5.15 Å². The fourth-order valence-electron chi connectivity index (χ4n) is 6.39. The van der Waals surface area contributed by atoms with E-state index in [0.29, 0.717) is 28.6 Å². The molecule has 12 heteroatoms. The maximum absolute atomic E-state index is 13.9. The van der Waals surface area contributed by atoms with Crippen molar-refractivity contribution in [3.8, 4) is 11.5 Å². The third-order valence-electron chi connectivity index (χ3n) is 8.23. The number of aliphatic hydroxyl groups is 1. The van der Waals surface area contributed by atoms with Crippen molar-refractivity contribution >= 4 is 39.1 Å². The van der Waals surface area contributed by atoms with Crippen LogP contribution in [0.4, 0.5) is 5.69 Å². The van der Waals surface area contributed by atoms with Gasteiger partial charge in [0.1, 0.15) is 22.8 Å². The van der Waals surface area contributed by atoms with Crippen molar-refractivity contribution in [2.45, 2.75) is 58.2 Å². The lowest BCUT2D eigenvalue weighted by Gasteiger charge is -2.35. The third kappa shape index (κ3) is 5.64. The van der Waals surface area contributed by atoms with Crippen LogP contribution < -0.4 is 10.9 Å². The molecule has 0 radical (unpaired) electrons. The second-order valence-corrected chi connectivity index (χ2v) is 12.8. The molecule has 0 spiro atoms. The van der Waals surface area contributed by atoms with Gasteiger partial charge < -0.3 is 15.3 Å². The number of pyridine rings is 2. The van der Waals surface area contributed by atoms with Crippen molar-refractivity contribution in [1.29, 1.82) is 0 Å². The molecule has 0 amide bonds. The van der Waals surface area contributed by atoms with Crippen LogP contribution in [0.5, 0.6) is 0 Å². The van der Waals surface area contributed by atoms with E-state index in [1.165, 1.54) is 0 Å². The monoisotopic (exact) mass is 603 g/mol. The Morgan fingerprint density at radius 1 is 1.16 bits per heavy atom. The average Bonchev–Trinajstić information content (AvgIpc) is 3.58. The molecule has 1 saturated heterocycles. The van der Waals surface area contributed by atoms with E-state index in [2.05, 4.69) is 38.3 Å². The number of aryl methyl sites for hydroxylation is 3. The molecule has 226 valence electrons. The molecule has 0 aliphatic carbocycles. The van der Waals surface area contributed by atoms with Crippen molar-refractivity contribution in [3.05, 3.63) is 63.4 Å². The summed E-state index contributed by atoms with van der Waals surface area (Å²) in [7, 11) is 3.64. The van der Waals surface area contributed by atoms with Crippen molar-refractivity contribution in [1.82, 2.24) is 39.0 Å². The van der Waals surface area contributed by atoms with E-state index in [-0.39, 0.29) is 17.6 Å². The van der Waals surface area contributed by atoms with Crippen molar-refractivity contribution in [2.75, 3.05) is 25.0 Å². The number of fused-ring (bicyclic) bond motifs is 3. The second-order valence-electron chi connectivity index (χ2n) is 12.4. The standard InChI is InChI=1S/C31H38ClN9O2/c1-18-13-21(19(2)35-24-7-8-25(32)36-27(24)28-33-17-38(5)37-28)26-22(14-18)30(42)39(6)29-23(26)15-34-41(29)20-9-11-40(12-10-20)16-31(3,4)43/h7-8,13-15,17,19-20,35,43H,9-12,16H2,1-6H3. The number of aromatic nitrogens is 7. The molecule has 0 saturated carbocycles. The van der Waals surface area contributed by atoms with Gasteiger partial charge >= 0.3 is 0 Å². The van der Waals surface area contributed by atoms with Crippen LogP contribution in [-0.2, 0) is 14.1 Å². The molecule has 1 fully saturated rings. The molecule has 1 unspecified atom stereocenters. The van der Waals surface area contributed by atoms with Gasteiger partial charge in [0.05, 0.1) is 23.5 Å². The number of rotatable bonds is 7.